The highest BCUT2D eigenvalue weighted by molar-refractivity contribution is 5.31. The van der Waals surface area contributed by atoms with Gasteiger partial charge >= 0.3 is 0 Å². The smallest absolute Gasteiger partial charge is 0.0991 e. The molecule has 0 saturated carbocycles. The molecular weight excluding hydrogens is 194 g/mol. The minimum Gasteiger partial charge on any atom is -0.192 e. The molecule has 0 unspecified atom stereocenters. The van der Waals surface area contributed by atoms with E-state index in [1.807, 2.05) is 12.1 Å². The standard InChI is InChI=1S/C15H21N/c1-13(2)6-4-3-5-7-14-8-10-15(12-16)11-9-14/h8-11,13H,3-7H2,1-2H3. The van der Waals surface area contributed by atoms with Gasteiger partial charge in [-0.05, 0) is 36.5 Å². The number of nitriles is 1. The van der Waals surface area contributed by atoms with E-state index in [1.54, 1.807) is 0 Å². The lowest BCUT2D eigenvalue weighted by atomic mass is 10.0. The Balaban J connectivity index is 2.20. The molecule has 0 saturated heterocycles. The van der Waals surface area contributed by atoms with E-state index in [0.717, 1.165) is 17.9 Å². The Morgan fingerprint density at radius 1 is 1.06 bits per heavy atom. The highest BCUT2D eigenvalue weighted by Gasteiger charge is 1.96. The lowest BCUT2D eigenvalue weighted by Crippen LogP contribution is -1.89. The second-order valence-corrected chi connectivity index (χ2v) is 4.80. The SMILES string of the molecule is CC(C)CCCCCc1ccc(C#N)cc1. The van der Waals surface area contributed by atoms with Crippen molar-refractivity contribution in [2.45, 2.75) is 46.0 Å². The monoisotopic (exact) mass is 215 g/mol. The van der Waals surface area contributed by atoms with Crippen LogP contribution >= 0.6 is 0 Å². The molecule has 1 aromatic carbocycles. The van der Waals surface area contributed by atoms with Gasteiger partial charge in [-0.1, -0.05) is 45.2 Å². The first-order chi connectivity index (χ1) is 7.72. The summed E-state index contributed by atoms with van der Waals surface area (Å²) in [5.41, 5.74) is 2.10. The Hall–Kier alpha value is -1.29. The third-order valence-electron chi connectivity index (χ3n) is 2.83. The number of hydrogen-bond acceptors (Lipinski definition) is 1. The van der Waals surface area contributed by atoms with E-state index in [1.165, 1.54) is 31.2 Å². The third kappa shape index (κ3) is 4.98. The second kappa shape index (κ2) is 7.06. The van der Waals surface area contributed by atoms with Gasteiger partial charge in [-0.15, -0.1) is 0 Å². The fourth-order valence-corrected chi connectivity index (χ4v) is 1.80. The van der Waals surface area contributed by atoms with Crippen LogP contribution in [0.3, 0.4) is 0 Å². The molecule has 0 amide bonds. The van der Waals surface area contributed by atoms with E-state index in [9.17, 15) is 0 Å². The summed E-state index contributed by atoms with van der Waals surface area (Å²) in [6.45, 7) is 4.56. The van der Waals surface area contributed by atoms with Gasteiger partial charge in [0, 0.05) is 0 Å². The first-order valence-corrected chi connectivity index (χ1v) is 6.21. The highest BCUT2D eigenvalue weighted by Crippen LogP contribution is 2.11. The molecule has 0 radical (unpaired) electrons. The average Bonchev–Trinajstić information content (AvgIpc) is 2.29. The predicted octanol–water partition coefficient (Wildman–Crippen LogP) is 4.32. The molecule has 0 aliphatic rings. The van der Waals surface area contributed by atoms with Crippen LogP contribution in [0.2, 0.25) is 0 Å². The summed E-state index contributed by atoms with van der Waals surface area (Å²) in [6, 6.07) is 10.1. The van der Waals surface area contributed by atoms with Crippen LogP contribution < -0.4 is 0 Å². The van der Waals surface area contributed by atoms with Crippen molar-refractivity contribution < 1.29 is 0 Å². The lowest BCUT2D eigenvalue weighted by Gasteiger charge is -2.04. The minimum absolute atomic E-state index is 0.753. The van der Waals surface area contributed by atoms with Crippen molar-refractivity contribution in [1.29, 1.82) is 5.26 Å². The molecule has 0 aliphatic carbocycles. The summed E-state index contributed by atoms with van der Waals surface area (Å²) >= 11 is 0. The van der Waals surface area contributed by atoms with Gasteiger partial charge in [0.25, 0.3) is 0 Å². The van der Waals surface area contributed by atoms with Crippen molar-refractivity contribution in [2.75, 3.05) is 0 Å². The molecular formula is C15H21N. The number of aryl methyl sites for hydroxylation is 1. The van der Waals surface area contributed by atoms with Crippen molar-refractivity contribution in [3.63, 3.8) is 0 Å². The molecule has 0 fully saturated rings. The topological polar surface area (TPSA) is 23.8 Å². The van der Waals surface area contributed by atoms with Crippen LogP contribution in [0.4, 0.5) is 0 Å². The number of rotatable bonds is 6. The van der Waals surface area contributed by atoms with Gasteiger partial charge in [-0.3, -0.25) is 0 Å². The maximum absolute atomic E-state index is 8.68. The van der Waals surface area contributed by atoms with Crippen LogP contribution in [0.1, 0.15) is 50.7 Å². The molecule has 0 atom stereocenters. The Labute approximate surface area is 99.1 Å². The molecule has 16 heavy (non-hydrogen) atoms. The Kier molecular flexibility index (Phi) is 5.64. The normalized spacial score (nSPS) is 10.4. The molecule has 1 aromatic rings. The van der Waals surface area contributed by atoms with Gasteiger partial charge in [-0.2, -0.15) is 5.26 Å². The van der Waals surface area contributed by atoms with E-state index in [4.69, 9.17) is 5.26 Å². The van der Waals surface area contributed by atoms with Crippen LogP contribution in [-0.2, 0) is 6.42 Å². The number of benzene rings is 1. The minimum atomic E-state index is 0.753. The summed E-state index contributed by atoms with van der Waals surface area (Å²) in [5, 5.41) is 8.68. The molecule has 1 heteroatoms. The van der Waals surface area contributed by atoms with Gasteiger partial charge < -0.3 is 0 Å². The largest absolute Gasteiger partial charge is 0.192 e. The molecule has 0 N–H and O–H groups in total. The van der Waals surface area contributed by atoms with Crippen LogP contribution in [-0.4, -0.2) is 0 Å². The summed E-state index contributed by atoms with van der Waals surface area (Å²) in [4.78, 5) is 0. The lowest BCUT2D eigenvalue weighted by molar-refractivity contribution is 0.527. The zero-order valence-electron chi connectivity index (χ0n) is 10.4. The zero-order chi connectivity index (χ0) is 11.8. The number of hydrogen-bond donors (Lipinski definition) is 0. The van der Waals surface area contributed by atoms with Crippen molar-refractivity contribution in [3.8, 4) is 6.07 Å². The molecule has 0 aromatic heterocycles. The maximum Gasteiger partial charge on any atom is 0.0991 e. The van der Waals surface area contributed by atoms with Crippen molar-refractivity contribution in [3.05, 3.63) is 35.4 Å². The third-order valence-corrected chi connectivity index (χ3v) is 2.83. The highest BCUT2D eigenvalue weighted by atomic mass is 14.2. The van der Waals surface area contributed by atoms with Crippen LogP contribution in [0.15, 0.2) is 24.3 Å². The van der Waals surface area contributed by atoms with E-state index in [2.05, 4.69) is 32.0 Å². The van der Waals surface area contributed by atoms with Gasteiger partial charge in [0.05, 0.1) is 11.6 Å². The van der Waals surface area contributed by atoms with E-state index >= 15 is 0 Å². The van der Waals surface area contributed by atoms with Gasteiger partial charge in [-0.25, -0.2) is 0 Å². The molecule has 0 bridgehead atoms. The molecule has 86 valence electrons. The fourth-order valence-electron chi connectivity index (χ4n) is 1.80. The summed E-state index contributed by atoms with van der Waals surface area (Å²) in [7, 11) is 0. The molecule has 0 spiro atoms. The Morgan fingerprint density at radius 3 is 2.31 bits per heavy atom. The zero-order valence-corrected chi connectivity index (χ0v) is 10.4. The van der Waals surface area contributed by atoms with Crippen molar-refractivity contribution >= 4 is 0 Å². The Bertz CT molecular complexity index is 329. The van der Waals surface area contributed by atoms with Gasteiger partial charge in [0.2, 0.25) is 0 Å². The molecule has 1 rings (SSSR count). The quantitative estimate of drug-likeness (QED) is 0.648. The fraction of sp³-hybridized carbons (Fsp3) is 0.533. The summed E-state index contributed by atoms with van der Waals surface area (Å²) in [6.07, 6.45) is 6.40. The van der Waals surface area contributed by atoms with Crippen LogP contribution in [0, 0.1) is 17.2 Å². The molecule has 1 nitrogen and oxygen atoms in total. The van der Waals surface area contributed by atoms with E-state index in [0.29, 0.717) is 0 Å². The summed E-state index contributed by atoms with van der Waals surface area (Å²) < 4.78 is 0. The molecule has 0 aliphatic heterocycles. The number of nitrogens with zero attached hydrogens (tertiary/aromatic N) is 1. The summed E-state index contributed by atoms with van der Waals surface area (Å²) in [5.74, 6) is 0.829. The maximum atomic E-state index is 8.68. The molecule has 0 heterocycles. The second-order valence-electron chi connectivity index (χ2n) is 4.80. The van der Waals surface area contributed by atoms with Crippen LogP contribution in [0.5, 0.6) is 0 Å². The van der Waals surface area contributed by atoms with E-state index < -0.39 is 0 Å². The van der Waals surface area contributed by atoms with E-state index in [-0.39, 0.29) is 0 Å². The van der Waals surface area contributed by atoms with Crippen LogP contribution in [0.25, 0.3) is 0 Å². The average molecular weight is 215 g/mol. The van der Waals surface area contributed by atoms with Gasteiger partial charge in [0.15, 0.2) is 0 Å². The predicted molar refractivity (Wildman–Crippen MR) is 68.2 cm³/mol. The number of unbranched alkanes of at least 4 members (excludes halogenated alkanes) is 2. The van der Waals surface area contributed by atoms with Crippen molar-refractivity contribution in [1.82, 2.24) is 0 Å². The van der Waals surface area contributed by atoms with Crippen molar-refractivity contribution in [2.24, 2.45) is 5.92 Å². The van der Waals surface area contributed by atoms with Gasteiger partial charge in [0.1, 0.15) is 0 Å². The first-order valence-electron chi connectivity index (χ1n) is 6.21. The Morgan fingerprint density at radius 2 is 1.75 bits per heavy atom. The first kappa shape index (κ1) is 12.8.